The maximum atomic E-state index is 12.2. The molecule has 1 aliphatic rings. The highest BCUT2D eigenvalue weighted by Crippen LogP contribution is 2.26. The van der Waals surface area contributed by atoms with E-state index in [1.807, 2.05) is 35.2 Å². The molecule has 0 saturated heterocycles. The second-order valence-corrected chi connectivity index (χ2v) is 4.52. The Morgan fingerprint density at radius 1 is 1.31 bits per heavy atom. The summed E-state index contributed by atoms with van der Waals surface area (Å²) in [6.45, 7) is 0.653. The summed E-state index contributed by atoms with van der Waals surface area (Å²) >= 11 is 5.76. The Bertz CT molecular complexity index is 348. The lowest BCUT2D eigenvalue weighted by Gasteiger charge is -2.37. The van der Waals surface area contributed by atoms with E-state index < -0.39 is 0 Å². The fourth-order valence-electron chi connectivity index (χ4n) is 1.99. The van der Waals surface area contributed by atoms with Crippen LogP contribution in [0.2, 0.25) is 0 Å². The molecule has 1 aromatic carbocycles. The molecule has 0 unspecified atom stereocenters. The molecule has 1 fully saturated rings. The first-order valence-electron chi connectivity index (χ1n) is 5.75. The molecule has 0 radical (unpaired) electrons. The van der Waals surface area contributed by atoms with E-state index in [1.165, 1.54) is 6.42 Å². The summed E-state index contributed by atoms with van der Waals surface area (Å²) in [5, 5.41) is 0. The van der Waals surface area contributed by atoms with Crippen LogP contribution in [0.5, 0.6) is 0 Å². The quantitative estimate of drug-likeness (QED) is 0.738. The molecular formula is C13H16ClNO. The number of hydrogen-bond acceptors (Lipinski definition) is 1. The lowest BCUT2D eigenvalue weighted by atomic mass is 9.91. The molecule has 2 nitrogen and oxygen atoms in total. The molecule has 0 aromatic heterocycles. The van der Waals surface area contributed by atoms with Crippen LogP contribution in [-0.4, -0.2) is 29.3 Å². The van der Waals surface area contributed by atoms with E-state index in [4.69, 9.17) is 11.6 Å². The van der Waals surface area contributed by atoms with Crippen LogP contribution in [-0.2, 0) is 0 Å². The third-order valence-electron chi connectivity index (χ3n) is 3.12. The fraction of sp³-hybridized carbons (Fsp3) is 0.462. The van der Waals surface area contributed by atoms with Crippen molar-refractivity contribution in [3.05, 3.63) is 35.9 Å². The van der Waals surface area contributed by atoms with Gasteiger partial charge in [0.25, 0.3) is 5.91 Å². The van der Waals surface area contributed by atoms with Crippen molar-refractivity contribution in [1.82, 2.24) is 4.90 Å². The van der Waals surface area contributed by atoms with Gasteiger partial charge in [-0.3, -0.25) is 4.79 Å². The molecule has 0 aliphatic heterocycles. The van der Waals surface area contributed by atoms with E-state index in [2.05, 4.69) is 0 Å². The number of carbonyl (C=O) groups is 1. The van der Waals surface area contributed by atoms with Crippen molar-refractivity contribution >= 4 is 17.5 Å². The molecule has 0 atom stereocenters. The number of alkyl halides is 1. The first-order chi connectivity index (χ1) is 7.83. The SMILES string of the molecule is O=C(c1ccccc1)N(CCCl)C1CCC1. The third-order valence-corrected chi connectivity index (χ3v) is 3.29. The Kier molecular flexibility index (Phi) is 3.83. The normalized spacial score (nSPS) is 15.6. The summed E-state index contributed by atoms with van der Waals surface area (Å²) in [5.74, 6) is 0.626. The monoisotopic (exact) mass is 237 g/mol. The van der Waals surface area contributed by atoms with E-state index in [1.54, 1.807) is 0 Å². The van der Waals surface area contributed by atoms with Crippen LogP contribution in [0.1, 0.15) is 29.6 Å². The minimum atomic E-state index is 0.117. The molecule has 1 amide bonds. The lowest BCUT2D eigenvalue weighted by molar-refractivity contribution is 0.0598. The maximum absolute atomic E-state index is 12.2. The molecule has 0 spiro atoms. The van der Waals surface area contributed by atoms with Gasteiger partial charge in [0, 0.05) is 24.0 Å². The van der Waals surface area contributed by atoms with Crippen molar-refractivity contribution in [3.8, 4) is 0 Å². The van der Waals surface area contributed by atoms with Crippen molar-refractivity contribution in [3.63, 3.8) is 0 Å². The summed E-state index contributed by atoms with van der Waals surface area (Å²) in [5.41, 5.74) is 0.763. The zero-order valence-corrected chi connectivity index (χ0v) is 9.99. The van der Waals surface area contributed by atoms with Gasteiger partial charge >= 0.3 is 0 Å². The van der Waals surface area contributed by atoms with Crippen LogP contribution in [0, 0.1) is 0 Å². The fourth-order valence-corrected chi connectivity index (χ4v) is 2.17. The standard InChI is InChI=1S/C13H16ClNO/c14-9-10-15(12-7-4-8-12)13(16)11-5-2-1-3-6-11/h1-3,5-6,12H,4,7-10H2. The van der Waals surface area contributed by atoms with Gasteiger partial charge in [0.2, 0.25) is 0 Å². The van der Waals surface area contributed by atoms with Gasteiger partial charge in [-0.05, 0) is 31.4 Å². The van der Waals surface area contributed by atoms with Crippen LogP contribution >= 0.6 is 11.6 Å². The van der Waals surface area contributed by atoms with Gasteiger partial charge < -0.3 is 4.90 Å². The molecule has 16 heavy (non-hydrogen) atoms. The van der Waals surface area contributed by atoms with E-state index in [0.717, 1.165) is 18.4 Å². The summed E-state index contributed by atoms with van der Waals surface area (Å²) in [4.78, 5) is 14.2. The average Bonchev–Trinajstić information content (AvgIpc) is 2.26. The highest BCUT2D eigenvalue weighted by Gasteiger charge is 2.28. The molecule has 1 saturated carbocycles. The summed E-state index contributed by atoms with van der Waals surface area (Å²) in [6, 6.07) is 9.85. The predicted octanol–water partition coefficient (Wildman–Crippen LogP) is 2.92. The lowest BCUT2D eigenvalue weighted by Crippen LogP contribution is -2.45. The number of rotatable bonds is 4. The van der Waals surface area contributed by atoms with Crippen LogP contribution in [0.15, 0.2) is 30.3 Å². The van der Waals surface area contributed by atoms with Gasteiger partial charge in [0.15, 0.2) is 0 Å². The van der Waals surface area contributed by atoms with Gasteiger partial charge in [0.1, 0.15) is 0 Å². The Labute approximate surface area is 101 Å². The van der Waals surface area contributed by atoms with Gasteiger partial charge in [-0.2, -0.15) is 0 Å². The van der Waals surface area contributed by atoms with E-state index in [9.17, 15) is 4.79 Å². The first kappa shape index (κ1) is 11.5. The first-order valence-corrected chi connectivity index (χ1v) is 6.28. The summed E-state index contributed by atoms with van der Waals surface area (Å²) in [7, 11) is 0. The minimum Gasteiger partial charge on any atom is -0.334 e. The van der Waals surface area contributed by atoms with Gasteiger partial charge in [-0.15, -0.1) is 11.6 Å². The zero-order valence-electron chi connectivity index (χ0n) is 9.23. The van der Waals surface area contributed by atoms with Gasteiger partial charge in [0.05, 0.1) is 0 Å². The molecule has 0 bridgehead atoms. The van der Waals surface area contributed by atoms with Gasteiger partial charge in [-0.1, -0.05) is 18.2 Å². The van der Waals surface area contributed by atoms with E-state index in [-0.39, 0.29) is 5.91 Å². The highest BCUT2D eigenvalue weighted by atomic mass is 35.5. The number of hydrogen-bond donors (Lipinski definition) is 0. The smallest absolute Gasteiger partial charge is 0.254 e. The molecule has 1 aliphatic carbocycles. The summed E-state index contributed by atoms with van der Waals surface area (Å²) < 4.78 is 0. The molecule has 2 rings (SSSR count). The zero-order chi connectivity index (χ0) is 11.4. The Morgan fingerprint density at radius 2 is 2.00 bits per heavy atom. The number of benzene rings is 1. The van der Waals surface area contributed by atoms with E-state index in [0.29, 0.717) is 18.5 Å². The largest absolute Gasteiger partial charge is 0.334 e. The number of halogens is 1. The molecule has 1 aromatic rings. The number of carbonyl (C=O) groups excluding carboxylic acids is 1. The molecule has 3 heteroatoms. The Balaban J connectivity index is 2.10. The molecule has 0 N–H and O–H groups in total. The Hall–Kier alpha value is -1.02. The number of nitrogens with zero attached hydrogens (tertiary/aromatic N) is 1. The average molecular weight is 238 g/mol. The van der Waals surface area contributed by atoms with Crippen molar-refractivity contribution < 1.29 is 4.79 Å². The van der Waals surface area contributed by atoms with Crippen LogP contribution in [0.3, 0.4) is 0 Å². The predicted molar refractivity (Wildman–Crippen MR) is 65.8 cm³/mol. The number of amides is 1. The van der Waals surface area contributed by atoms with Crippen molar-refractivity contribution in [2.24, 2.45) is 0 Å². The molecular weight excluding hydrogens is 222 g/mol. The third kappa shape index (κ3) is 2.38. The van der Waals surface area contributed by atoms with Crippen molar-refractivity contribution in [1.29, 1.82) is 0 Å². The van der Waals surface area contributed by atoms with Crippen LogP contribution in [0.25, 0.3) is 0 Å². The van der Waals surface area contributed by atoms with Crippen molar-refractivity contribution in [2.75, 3.05) is 12.4 Å². The summed E-state index contributed by atoms with van der Waals surface area (Å²) in [6.07, 6.45) is 3.47. The van der Waals surface area contributed by atoms with Gasteiger partial charge in [-0.25, -0.2) is 0 Å². The highest BCUT2D eigenvalue weighted by molar-refractivity contribution is 6.18. The minimum absolute atomic E-state index is 0.117. The molecule has 86 valence electrons. The topological polar surface area (TPSA) is 20.3 Å². The van der Waals surface area contributed by atoms with Crippen LogP contribution < -0.4 is 0 Å². The van der Waals surface area contributed by atoms with E-state index >= 15 is 0 Å². The second kappa shape index (κ2) is 5.35. The Morgan fingerprint density at radius 3 is 2.50 bits per heavy atom. The van der Waals surface area contributed by atoms with Crippen molar-refractivity contribution in [2.45, 2.75) is 25.3 Å². The van der Waals surface area contributed by atoms with Crippen LogP contribution in [0.4, 0.5) is 0 Å². The molecule has 0 heterocycles. The second-order valence-electron chi connectivity index (χ2n) is 4.14. The maximum Gasteiger partial charge on any atom is 0.254 e.